The molecule has 2 heterocycles. The van der Waals surface area contributed by atoms with Gasteiger partial charge in [0.15, 0.2) is 0 Å². The summed E-state index contributed by atoms with van der Waals surface area (Å²) in [5, 5.41) is 16.0. The topological polar surface area (TPSA) is 104 Å². The van der Waals surface area contributed by atoms with Gasteiger partial charge in [-0.3, -0.25) is 19.6 Å². The molecule has 1 saturated carbocycles. The molecule has 0 aliphatic heterocycles. The van der Waals surface area contributed by atoms with Crippen LogP contribution in [0.1, 0.15) is 30.5 Å². The van der Waals surface area contributed by atoms with Crippen LogP contribution < -0.4 is 10.6 Å². The molecule has 2 aromatic heterocycles. The summed E-state index contributed by atoms with van der Waals surface area (Å²) in [7, 11) is 0. The molecule has 3 rings (SSSR count). The van der Waals surface area contributed by atoms with Gasteiger partial charge in [-0.1, -0.05) is 12.1 Å². The standard InChI is InChI=1S/C21H26N4O3/c26-19-13-16(21(28)24-11-8-17-5-1-2-10-23-17)12-18(19)25-20(27)7-6-15-4-3-9-22-14-15/h1-5,9-10,14,16,18-19,26H,6-8,11-13H2,(H,24,28)(H,25,27)/t16-,18+,19+/m0/s1. The second-order valence-corrected chi connectivity index (χ2v) is 7.13. The number of aryl methyl sites for hydroxylation is 1. The van der Waals surface area contributed by atoms with Crippen LogP contribution in [-0.4, -0.2) is 45.6 Å². The van der Waals surface area contributed by atoms with Crippen molar-refractivity contribution in [3.8, 4) is 0 Å². The quantitative estimate of drug-likeness (QED) is 0.632. The van der Waals surface area contributed by atoms with E-state index in [1.54, 1.807) is 18.6 Å². The predicted octanol–water partition coefficient (Wildman–Crippen LogP) is 1.02. The van der Waals surface area contributed by atoms with E-state index in [4.69, 9.17) is 0 Å². The number of pyridine rings is 2. The van der Waals surface area contributed by atoms with Crippen molar-refractivity contribution < 1.29 is 14.7 Å². The molecular weight excluding hydrogens is 356 g/mol. The number of carbonyl (C=O) groups is 2. The Morgan fingerprint density at radius 3 is 2.75 bits per heavy atom. The lowest BCUT2D eigenvalue weighted by atomic mass is 10.1. The van der Waals surface area contributed by atoms with Crippen LogP contribution >= 0.6 is 0 Å². The lowest BCUT2D eigenvalue weighted by Crippen LogP contribution is -2.40. The first-order valence-electron chi connectivity index (χ1n) is 9.66. The molecule has 2 aromatic rings. The van der Waals surface area contributed by atoms with Gasteiger partial charge in [-0.05, 0) is 43.0 Å². The third kappa shape index (κ3) is 5.85. The van der Waals surface area contributed by atoms with Crippen molar-refractivity contribution in [2.45, 2.75) is 44.2 Å². The van der Waals surface area contributed by atoms with E-state index in [-0.39, 0.29) is 23.8 Å². The first-order valence-corrected chi connectivity index (χ1v) is 9.66. The average Bonchev–Trinajstić information content (AvgIpc) is 3.08. The molecule has 0 radical (unpaired) electrons. The Labute approximate surface area is 164 Å². The van der Waals surface area contributed by atoms with Crippen molar-refractivity contribution >= 4 is 11.8 Å². The van der Waals surface area contributed by atoms with Crippen LogP contribution in [-0.2, 0) is 22.4 Å². The van der Waals surface area contributed by atoms with Gasteiger partial charge in [-0.15, -0.1) is 0 Å². The van der Waals surface area contributed by atoms with Crippen molar-refractivity contribution in [1.82, 2.24) is 20.6 Å². The number of rotatable bonds is 8. The number of amides is 2. The molecule has 1 aliphatic rings. The summed E-state index contributed by atoms with van der Waals surface area (Å²) in [6.45, 7) is 0.505. The number of nitrogens with zero attached hydrogens (tertiary/aromatic N) is 2. The SMILES string of the molecule is O=C(CCc1cccnc1)N[C@@H]1C[C@H](C(=O)NCCc2ccccn2)C[C@H]1O. The molecule has 0 spiro atoms. The van der Waals surface area contributed by atoms with Crippen LogP contribution in [0.25, 0.3) is 0 Å². The third-order valence-electron chi connectivity index (χ3n) is 5.02. The lowest BCUT2D eigenvalue weighted by molar-refractivity contribution is -0.125. The summed E-state index contributed by atoms with van der Waals surface area (Å²) in [5.41, 5.74) is 1.92. The van der Waals surface area contributed by atoms with Gasteiger partial charge in [0.25, 0.3) is 0 Å². The molecule has 1 fully saturated rings. The molecule has 7 nitrogen and oxygen atoms in total. The van der Waals surface area contributed by atoms with Gasteiger partial charge in [0.05, 0.1) is 12.1 Å². The molecule has 0 aromatic carbocycles. The zero-order valence-corrected chi connectivity index (χ0v) is 15.8. The molecule has 7 heteroatoms. The van der Waals surface area contributed by atoms with E-state index in [2.05, 4.69) is 20.6 Å². The number of aromatic nitrogens is 2. The first-order chi connectivity index (χ1) is 13.6. The average molecular weight is 382 g/mol. The fraction of sp³-hybridized carbons (Fsp3) is 0.429. The number of nitrogens with one attached hydrogen (secondary N) is 2. The minimum absolute atomic E-state index is 0.0814. The first kappa shape index (κ1) is 19.9. The van der Waals surface area contributed by atoms with Crippen LogP contribution in [0.4, 0.5) is 0 Å². The number of carbonyl (C=O) groups excluding carboxylic acids is 2. The predicted molar refractivity (Wildman–Crippen MR) is 104 cm³/mol. The maximum Gasteiger partial charge on any atom is 0.223 e. The van der Waals surface area contributed by atoms with Gasteiger partial charge >= 0.3 is 0 Å². The number of hydrogen-bond acceptors (Lipinski definition) is 5. The van der Waals surface area contributed by atoms with Crippen molar-refractivity contribution in [3.63, 3.8) is 0 Å². The Morgan fingerprint density at radius 1 is 1.11 bits per heavy atom. The molecule has 3 atom stereocenters. The molecule has 3 N–H and O–H groups in total. The van der Waals surface area contributed by atoms with E-state index in [1.165, 1.54) is 0 Å². The second-order valence-electron chi connectivity index (χ2n) is 7.13. The summed E-state index contributed by atoms with van der Waals surface area (Å²) in [4.78, 5) is 32.8. The van der Waals surface area contributed by atoms with Crippen LogP contribution in [0.2, 0.25) is 0 Å². The van der Waals surface area contributed by atoms with Crippen molar-refractivity contribution in [2.75, 3.05) is 6.54 Å². The Morgan fingerprint density at radius 2 is 2.00 bits per heavy atom. The van der Waals surface area contributed by atoms with E-state index < -0.39 is 6.10 Å². The molecule has 148 valence electrons. The number of hydrogen-bond donors (Lipinski definition) is 3. The highest BCUT2D eigenvalue weighted by atomic mass is 16.3. The fourth-order valence-electron chi connectivity index (χ4n) is 3.47. The summed E-state index contributed by atoms with van der Waals surface area (Å²) in [5.74, 6) is -0.492. The summed E-state index contributed by atoms with van der Waals surface area (Å²) >= 11 is 0. The normalized spacial score (nSPS) is 21.2. The Balaban J connectivity index is 1.39. The van der Waals surface area contributed by atoms with E-state index in [0.717, 1.165) is 11.3 Å². The minimum Gasteiger partial charge on any atom is -0.391 e. The molecule has 0 unspecified atom stereocenters. The zero-order chi connectivity index (χ0) is 19.8. The van der Waals surface area contributed by atoms with E-state index in [9.17, 15) is 14.7 Å². The third-order valence-corrected chi connectivity index (χ3v) is 5.02. The van der Waals surface area contributed by atoms with Gasteiger partial charge in [0.2, 0.25) is 11.8 Å². The van der Waals surface area contributed by atoms with E-state index in [0.29, 0.717) is 38.6 Å². The van der Waals surface area contributed by atoms with Crippen LogP contribution in [0.5, 0.6) is 0 Å². The summed E-state index contributed by atoms with van der Waals surface area (Å²) < 4.78 is 0. The molecular formula is C21H26N4O3. The van der Waals surface area contributed by atoms with Gasteiger partial charge in [0, 0.05) is 49.6 Å². The van der Waals surface area contributed by atoms with Crippen LogP contribution in [0.3, 0.4) is 0 Å². The number of aliphatic hydroxyl groups excluding tert-OH is 1. The molecule has 0 saturated heterocycles. The van der Waals surface area contributed by atoms with E-state index in [1.807, 2.05) is 30.3 Å². The maximum absolute atomic E-state index is 12.4. The Hall–Kier alpha value is -2.80. The highest BCUT2D eigenvalue weighted by Gasteiger charge is 2.37. The smallest absolute Gasteiger partial charge is 0.223 e. The molecule has 2 amide bonds. The molecule has 0 bridgehead atoms. The second kappa shape index (κ2) is 9.94. The molecule has 1 aliphatic carbocycles. The Bertz CT molecular complexity index is 770. The minimum atomic E-state index is -0.700. The van der Waals surface area contributed by atoms with Crippen molar-refractivity contribution in [3.05, 3.63) is 60.2 Å². The van der Waals surface area contributed by atoms with Crippen molar-refractivity contribution in [1.29, 1.82) is 0 Å². The zero-order valence-electron chi connectivity index (χ0n) is 15.8. The fourth-order valence-corrected chi connectivity index (χ4v) is 3.47. The van der Waals surface area contributed by atoms with Gasteiger partial charge in [-0.2, -0.15) is 0 Å². The molecule has 28 heavy (non-hydrogen) atoms. The van der Waals surface area contributed by atoms with Crippen LogP contribution in [0.15, 0.2) is 48.9 Å². The van der Waals surface area contributed by atoms with Gasteiger partial charge in [0.1, 0.15) is 0 Å². The lowest BCUT2D eigenvalue weighted by Gasteiger charge is -2.16. The van der Waals surface area contributed by atoms with E-state index >= 15 is 0 Å². The summed E-state index contributed by atoms with van der Waals surface area (Å²) in [6, 6.07) is 9.07. The highest BCUT2D eigenvalue weighted by Crippen LogP contribution is 2.26. The van der Waals surface area contributed by atoms with Crippen molar-refractivity contribution in [2.24, 2.45) is 5.92 Å². The number of aliphatic hydroxyl groups is 1. The highest BCUT2D eigenvalue weighted by molar-refractivity contribution is 5.80. The van der Waals surface area contributed by atoms with Gasteiger partial charge in [-0.25, -0.2) is 0 Å². The van der Waals surface area contributed by atoms with Crippen LogP contribution in [0, 0.1) is 5.92 Å². The summed E-state index contributed by atoms with van der Waals surface area (Å²) in [6.07, 6.45) is 6.87. The largest absolute Gasteiger partial charge is 0.391 e. The van der Waals surface area contributed by atoms with Gasteiger partial charge < -0.3 is 15.7 Å². The monoisotopic (exact) mass is 382 g/mol. The maximum atomic E-state index is 12.4. The Kier molecular flexibility index (Phi) is 7.08.